The van der Waals surface area contributed by atoms with E-state index in [1.165, 1.54) is 19.3 Å². The predicted molar refractivity (Wildman–Crippen MR) is 71.8 cm³/mol. The van der Waals surface area contributed by atoms with E-state index >= 15 is 0 Å². The third-order valence-corrected chi connectivity index (χ3v) is 3.95. The van der Waals surface area contributed by atoms with Gasteiger partial charge in [-0.2, -0.15) is 23.4 Å². The molecule has 2 heterocycles. The fraction of sp³-hybridized carbons (Fsp3) is 0.462. The SMILES string of the molecule is C[C@H](C(=O)n1cccn1)n1nc(C(F)(F)F)c(Cl)c1C1CC1. The van der Waals surface area contributed by atoms with Crippen LogP contribution in [0.15, 0.2) is 18.5 Å². The Balaban J connectivity index is 2.04. The van der Waals surface area contributed by atoms with Crippen LogP contribution < -0.4 is 0 Å². The smallest absolute Gasteiger partial charge is 0.270 e. The van der Waals surface area contributed by atoms with Gasteiger partial charge in [0.1, 0.15) is 6.04 Å². The molecular weight excluding hydrogens is 321 g/mol. The molecule has 2 aromatic heterocycles. The summed E-state index contributed by atoms with van der Waals surface area (Å²) in [5, 5.41) is 6.97. The van der Waals surface area contributed by atoms with Gasteiger partial charge in [-0.25, -0.2) is 4.68 Å². The van der Waals surface area contributed by atoms with Crippen LogP contribution in [0.5, 0.6) is 0 Å². The lowest BCUT2D eigenvalue weighted by Crippen LogP contribution is -2.25. The molecule has 0 bridgehead atoms. The molecule has 0 aromatic carbocycles. The highest BCUT2D eigenvalue weighted by Gasteiger charge is 2.43. The van der Waals surface area contributed by atoms with E-state index in [-0.39, 0.29) is 11.6 Å². The van der Waals surface area contributed by atoms with Crippen molar-refractivity contribution in [1.29, 1.82) is 0 Å². The highest BCUT2D eigenvalue weighted by molar-refractivity contribution is 6.32. The predicted octanol–water partition coefficient (Wildman–Crippen LogP) is 3.53. The van der Waals surface area contributed by atoms with Gasteiger partial charge < -0.3 is 0 Å². The first-order chi connectivity index (χ1) is 10.3. The lowest BCUT2D eigenvalue weighted by atomic mass is 10.2. The lowest BCUT2D eigenvalue weighted by molar-refractivity contribution is -0.141. The van der Waals surface area contributed by atoms with Crippen molar-refractivity contribution in [3.8, 4) is 0 Å². The molecule has 9 heteroatoms. The van der Waals surface area contributed by atoms with Gasteiger partial charge in [0.2, 0.25) is 0 Å². The number of halogens is 4. The Kier molecular flexibility index (Phi) is 3.51. The molecule has 2 aromatic rings. The zero-order valence-electron chi connectivity index (χ0n) is 11.5. The number of rotatable bonds is 3. The molecule has 0 saturated heterocycles. The summed E-state index contributed by atoms with van der Waals surface area (Å²) < 4.78 is 41.2. The number of hydrogen-bond acceptors (Lipinski definition) is 3. The number of nitrogens with zero attached hydrogens (tertiary/aromatic N) is 4. The first-order valence-electron chi connectivity index (χ1n) is 6.69. The second-order valence-corrected chi connectivity index (χ2v) is 5.61. The minimum Gasteiger partial charge on any atom is -0.270 e. The average molecular weight is 333 g/mol. The molecule has 5 nitrogen and oxygen atoms in total. The van der Waals surface area contributed by atoms with E-state index in [0.29, 0.717) is 0 Å². The largest absolute Gasteiger partial charge is 0.436 e. The van der Waals surface area contributed by atoms with Crippen LogP contribution in [0.4, 0.5) is 13.2 Å². The van der Waals surface area contributed by atoms with Gasteiger partial charge in [0.15, 0.2) is 5.69 Å². The Bertz CT molecular complexity index is 704. The molecule has 1 fully saturated rings. The van der Waals surface area contributed by atoms with Crippen molar-refractivity contribution in [1.82, 2.24) is 19.6 Å². The minimum absolute atomic E-state index is 0.0797. The summed E-state index contributed by atoms with van der Waals surface area (Å²) in [7, 11) is 0. The van der Waals surface area contributed by atoms with E-state index in [0.717, 1.165) is 22.2 Å². The average Bonchev–Trinajstić information content (AvgIpc) is 3.00. The van der Waals surface area contributed by atoms with Gasteiger partial charge in [-0.15, -0.1) is 0 Å². The molecule has 0 N–H and O–H groups in total. The monoisotopic (exact) mass is 332 g/mol. The van der Waals surface area contributed by atoms with E-state index < -0.39 is 28.8 Å². The van der Waals surface area contributed by atoms with Crippen molar-refractivity contribution in [3.05, 3.63) is 34.9 Å². The van der Waals surface area contributed by atoms with Crippen LogP contribution >= 0.6 is 11.6 Å². The second-order valence-electron chi connectivity index (χ2n) is 5.23. The van der Waals surface area contributed by atoms with E-state index in [2.05, 4.69) is 10.2 Å². The van der Waals surface area contributed by atoms with Gasteiger partial charge in [-0.05, 0) is 25.8 Å². The van der Waals surface area contributed by atoms with Crippen molar-refractivity contribution in [3.63, 3.8) is 0 Å². The van der Waals surface area contributed by atoms with Crippen molar-refractivity contribution in [2.24, 2.45) is 0 Å². The maximum Gasteiger partial charge on any atom is 0.436 e. The third-order valence-electron chi connectivity index (χ3n) is 3.57. The highest BCUT2D eigenvalue weighted by Crippen LogP contribution is 2.47. The normalized spacial score (nSPS) is 16.8. The van der Waals surface area contributed by atoms with Gasteiger partial charge in [0, 0.05) is 18.3 Å². The molecule has 0 aliphatic heterocycles. The van der Waals surface area contributed by atoms with Crippen LogP contribution in [0.2, 0.25) is 5.02 Å². The van der Waals surface area contributed by atoms with E-state index in [1.54, 1.807) is 6.07 Å². The summed E-state index contributed by atoms with van der Waals surface area (Å²) in [4.78, 5) is 12.3. The first kappa shape index (κ1) is 15.1. The fourth-order valence-electron chi connectivity index (χ4n) is 2.32. The molecule has 1 saturated carbocycles. The zero-order chi connectivity index (χ0) is 16.1. The summed E-state index contributed by atoms with van der Waals surface area (Å²) in [5.41, 5.74) is -0.863. The molecule has 3 rings (SSSR count). The maximum absolute atomic E-state index is 13.0. The number of aromatic nitrogens is 4. The van der Waals surface area contributed by atoms with Crippen LogP contribution in [-0.2, 0) is 6.18 Å². The molecule has 1 aliphatic rings. The van der Waals surface area contributed by atoms with E-state index in [4.69, 9.17) is 11.6 Å². The van der Waals surface area contributed by atoms with Gasteiger partial charge in [-0.3, -0.25) is 9.48 Å². The zero-order valence-corrected chi connectivity index (χ0v) is 12.3. The van der Waals surface area contributed by atoms with Crippen LogP contribution in [0.25, 0.3) is 0 Å². The van der Waals surface area contributed by atoms with Crippen LogP contribution in [0, 0.1) is 0 Å². The van der Waals surface area contributed by atoms with E-state index in [1.807, 2.05) is 0 Å². The minimum atomic E-state index is -4.65. The highest BCUT2D eigenvalue weighted by atomic mass is 35.5. The Morgan fingerprint density at radius 1 is 1.45 bits per heavy atom. The van der Waals surface area contributed by atoms with Crippen LogP contribution in [-0.4, -0.2) is 25.5 Å². The Morgan fingerprint density at radius 3 is 2.64 bits per heavy atom. The molecule has 0 spiro atoms. The summed E-state index contributed by atoms with van der Waals surface area (Å²) in [6.45, 7) is 1.49. The number of alkyl halides is 3. The summed E-state index contributed by atoms with van der Waals surface area (Å²) >= 11 is 5.89. The summed E-state index contributed by atoms with van der Waals surface area (Å²) in [5.74, 6) is -0.552. The molecule has 1 aliphatic carbocycles. The standard InChI is InChI=1S/C13H12ClF3N4O/c1-7(12(22)20-6-2-5-18-20)21-10(8-3-4-8)9(14)11(19-21)13(15,16)17/h2,5-8H,3-4H2,1H3/t7-/m1/s1. The molecule has 1 atom stereocenters. The van der Waals surface area contributed by atoms with Gasteiger partial charge >= 0.3 is 6.18 Å². The van der Waals surface area contributed by atoms with E-state index in [9.17, 15) is 18.0 Å². The molecular formula is C13H12ClF3N4O. The third kappa shape index (κ3) is 2.51. The Hall–Kier alpha value is -1.83. The van der Waals surface area contributed by atoms with Crippen molar-refractivity contribution in [2.45, 2.75) is 37.9 Å². The number of carbonyl (C=O) groups is 1. The van der Waals surface area contributed by atoms with Crippen molar-refractivity contribution < 1.29 is 18.0 Å². The first-order valence-corrected chi connectivity index (χ1v) is 7.07. The second kappa shape index (κ2) is 5.12. The topological polar surface area (TPSA) is 52.7 Å². The fourth-order valence-corrected chi connectivity index (χ4v) is 2.71. The van der Waals surface area contributed by atoms with Crippen LogP contribution in [0.3, 0.4) is 0 Å². The van der Waals surface area contributed by atoms with Crippen molar-refractivity contribution >= 4 is 17.5 Å². The van der Waals surface area contributed by atoms with Gasteiger partial charge in [0.25, 0.3) is 5.91 Å². The lowest BCUT2D eigenvalue weighted by Gasteiger charge is -2.14. The quantitative estimate of drug-likeness (QED) is 0.864. The van der Waals surface area contributed by atoms with Crippen LogP contribution in [0.1, 0.15) is 47.9 Å². The molecule has 0 radical (unpaired) electrons. The van der Waals surface area contributed by atoms with Crippen molar-refractivity contribution in [2.75, 3.05) is 0 Å². The number of carbonyl (C=O) groups excluding carboxylic acids is 1. The Morgan fingerprint density at radius 2 is 2.14 bits per heavy atom. The molecule has 22 heavy (non-hydrogen) atoms. The number of hydrogen-bond donors (Lipinski definition) is 0. The summed E-state index contributed by atoms with van der Waals surface area (Å²) in [6.07, 6.45) is -0.313. The summed E-state index contributed by atoms with van der Waals surface area (Å²) in [6, 6.07) is 0.632. The van der Waals surface area contributed by atoms with Gasteiger partial charge in [-0.1, -0.05) is 11.6 Å². The molecule has 118 valence electrons. The maximum atomic E-state index is 13.0. The molecule has 0 amide bonds. The molecule has 0 unspecified atom stereocenters. The van der Waals surface area contributed by atoms with Gasteiger partial charge in [0.05, 0.1) is 10.7 Å². The Labute approximate surface area is 128 Å².